The zero-order valence-electron chi connectivity index (χ0n) is 18.2. The predicted molar refractivity (Wildman–Crippen MR) is 136 cm³/mol. The Morgan fingerprint density at radius 1 is 0.576 bits per heavy atom. The third-order valence-corrected chi connectivity index (χ3v) is 6.70. The van der Waals surface area contributed by atoms with E-state index in [4.69, 9.17) is 16.2 Å². The largest absolute Gasteiger partial charge is 0.457 e. The molecule has 3 heteroatoms. The van der Waals surface area contributed by atoms with Crippen LogP contribution in [-0.4, -0.2) is 0 Å². The second-order valence-electron chi connectivity index (χ2n) is 8.74. The number of nitrogens with two attached hydrogens (primary N) is 2. The summed E-state index contributed by atoms with van der Waals surface area (Å²) in [5.41, 5.74) is 17.9. The van der Waals surface area contributed by atoms with Gasteiger partial charge in [-0.2, -0.15) is 0 Å². The number of anilines is 2. The Balaban J connectivity index is 1.66. The lowest BCUT2D eigenvalue weighted by Gasteiger charge is -2.41. The van der Waals surface area contributed by atoms with Gasteiger partial charge in [0.1, 0.15) is 11.5 Å². The average molecular weight is 429 g/mol. The summed E-state index contributed by atoms with van der Waals surface area (Å²) in [6.07, 6.45) is 0.777. The van der Waals surface area contributed by atoms with E-state index >= 15 is 0 Å². The average Bonchev–Trinajstić information content (AvgIpc) is 2.84. The molecule has 1 heterocycles. The molecule has 0 aliphatic carbocycles. The molecular weight excluding hydrogens is 404 g/mol. The van der Waals surface area contributed by atoms with Crippen LogP contribution in [-0.2, 0) is 11.8 Å². The zero-order valence-corrected chi connectivity index (χ0v) is 18.2. The van der Waals surface area contributed by atoms with Crippen LogP contribution >= 0.6 is 0 Å². The lowest BCUT2D eigenvalue weighted by molar-refractivity contribution is 0.416. The molecule has 0 spiro atoms. The molecule has 0 atom stereocenters. The van der Waals surface area contributed by atoms with Gasteiger partial charge < -0.3 is 16.2 Å². The molecule has 0 amide bonds. The van der Waals surface area contributed by atoms with Gasteiger partial charge in [0.05, 0.1) is 5.41 Å². The molecule has 0 bridgehead atoms. The Morgan fingerprint density at radius 2 is 1.18 bits per heavy atom. The Hall–Kier alpha value is -4.24. The Bertz CT molecular complexity index is 1440. The number of fused-ring (bicyclic) bond motifs is 3. The van der Waals surface area contributed by atoms with E-state index in [0.29, 0.717) is 11.4 Å². The maximum absolute atomic E-state index is 6.36. The minimum absolute atomic E-state index is 0.450. The van der Waals surface area contributed by atoms with Crippen molar-refractivity contribution in [3.8, 4) is 11.5 Å². The van der Waals surface area contributed by atoms with Gasteiger partial charge in [0.25, 0.3) is 0 Å². The summed E-state index contributed by atoms with van der Waals surface area (Å²) in [5, 5.41) is 2.48. The van der Waals surface area contributed by atoms with Gasteiger partial charge in [-0.3, -0.25) is 0 Å². The fourth-order valence-corrected chi connectivity index (χ4v) is 5.20. The van der Waals surface area contributed by atoms with Crippen molar-refractivity contribution in [3.05, 3.63) is 131 Å². The molecule has 1 aliphatic heterocycles. The molecule has 4 N–H and O–H groups in total. The summed E-state index contributed by atoms with van der Waals surface area (Å²) in [6.45, 7) is 0. The van der Waals surface area contributed by atoms with Crippen LogP contribution in [0, 0.1) is 0 Å². The van der Waals surface area contributed by atoms with Crippen molar-refractivity contribution in [2.45, 2.75) is 11.8 Å². The van der Waals surface area contributed by atoms with Crippen LogP contribution in [0.1, 0.15) is 22.3 Å². The first kappa shape index (κ1) is 19.4. The third kappa shape index (κ3) is 3.13. The van der Waals surface area contributed by atoms with Crippen LogP contribution in [0.15, 0.2) is 109 Å². The lowest BCUT2D eigenvalue weighted by Crippen LogP contribution is -2.35. The Kier molecular flexibility index (Phi) is 4.37. The number of ether oxygens (including phenoxy) is 1. The smallest absolute Gasteiger partial charge is 0.133 e. The van der Waals surface area contributed by atoms with E-state index in [-0.39, 0.29) is 0 Å². The first-order chi connectivity index (χ1) is 16.1. The first-order valence-corrected chi connectivity index (χ1v) is 11.1. The Labute approximate surface area is 193 Å². The highest BCUT2D eigenvalue weighted by Gasteiger charge is 2.44. The molecule has 5 aromatic carbocycles. The molecule has 33 heavy (non-hydrogen) atoms. The van der Waals surface area contributed by atoms with E-state index in [1.807, 2.05) is 24.3 Å². The van der Waals surface area contributed by atoms with Crippen molar-refractivity contribution < 1.29 is 4.74 Å². The number of nitrogen functional groups attached to an aromatic ring is 2. The summed E-state index contributed by atoms with van der Waals surface area (Å²) < 4.78 is 6.36. The number of hydrogen-bond donors (Lipinski definition) is 2. The molecule has 1 aliphatic rings. The molecule has 0 radical (unpaired) electrons. The molecule has 0 unspecified atom stereocenters. The molecular formula is C30H24N2O. The van der Waals surface area contributed by atoms with Crippen LogP contribution < -0.4 is 16.2 Å². The van der Waals surface area contributed by atoms with Crippen LogP contribution in [0.5, 0.6) is 11.5 Å². The van der Waals surface area contributed by atoms with Crippen molar-refractivity contribution in [1.29, 1.82) is 0 Å². The monoisotopic (exact) mass is 428 g/mol. The number of benzene rings is 5. The second-order valence-corrected chi connectivity index (χ2v) is 8.74. The fourth-order valence-electron chi connectivity index (χ4n) is 5.20. The molecule has 0 saturated carbocycles. The molecule has 160 valence electrons. The summed E-state index contributed by atoms with van der Waals surface area (Å²) >= 11 is 0. The maximum Gasteiger partial charge on any atom is 0.133 e. The fraction of sp³-hybridized carbons (Fsp3) is 0.0667. The molecule has 5 aromatic rings. The van der Waals surface area contributed by atoms with Crippen molar-refractivity contribution in [3.63, 3.8) is 0 Å². The van der Waals surface area contributed by atoms with Gasteiger partial charge in [-0.05, 0) is 40.5 Å². The molecule has 6 rings (SSSR count). The van der Waals surface area contributed by atoms with Crippen LogP contribution in [0.2, 0.25) is 0 Å². The summed E-state index contributed by atoms with van der Waals surface area (Å²) in [6, 6.07) is 37.8. The molecule has 0 fully saturated rings. The van der Waals surface area contributed by atoms with Crippen LogP contribution in [0.3, 0.4) is 0 Å². The molecule has 0 aromatic heterocycles. The van der Waals surface area contributed by atoms with Gasteiger partial charge >= 0.3 is 0 Å². The van der Waals surface area contributed by atoms with Gasteiger partial charge in [0.15, 0.2) is 0 Å². The first-order valence-electron chi connectivity index (χ1n) is 11.1. The minimum atomic E-state index is -0.450. The number of hydrogen-bond acceptors (Lipinski definition) is 3. The minimum Gasteiger partial charge on any atom is -0.457 e. The van der Waals surface area contributed by atoms with Gasteiger partial charge in [0.2, 0.25) is 0 Å². The van der Waals surface area contributed by atoms with Gasteiger partial charge in [-0.1, -0.05) is 84.9 Å². The van der Waals surface area contributed by atoms with Gasteiger partial charge in [-0.25, -0.2) is 0 Å². The zero-order chi connectivity index (χ0) is 22.4. The lowest BCUT2D eigenvalue weighted by atomic mass is 9.64. The highest BCUT2D eigenvalue weighted by molar-refractivity contribution is 5.83. The summed E-state index contributed by atoms with van der Waals surface area (Å²) in [4.78, 5) is 0. The van der Waals surface area contributed by atoms with E-state index in [2.05, 4.69) is 84.9 Å². The van der Waals surface area contributed by atoms with Gasteiger partial charge in [-0.15, -0.1) is 0 Å². The van der Waals surface area contributed by atoms with E-state index in [0.717, 1.165) is 29.0 Å². The van der Waals surface area contributed by atoms with Crippen LogP contribution in [0.25, 0.3) is 10.8 Å². The van der Waals surface area contributed by atoms with E-state index in [1.54, 1.807) is 0 Å². The van der Waals surface area contributed by atoms with Gasteiger partial charge in [0, 0.05) is 34.6 Å². The standard InChI is InChI=1S/C30H24N2O/c31-24-12-14-26-28(17-24)33-29-18-25(32)13-15-27(29)30(26,23-8-2-1-3-9-23)19-20-10-11-21-6-4-5-7-22(21)16-20/h1-18H,19,31-32H2. The summed E-state index contributed by atoms with van der Waals surface area (Å²) in [5.74, 6) is 1.55. The van der Waals surface area contributed by atoms with E-state index < -0.39 is 5.41 Å². The topological polar surface area (TPSA) is 61.3 Å². The predicted octanol–water partition coefficient (Wildman–Crippen LogP) is 6.69. The number of rotatable bonds is 3. The Morgan fingerprint density at radius 3 is 1.85 bits per heavy atom. The third-order valence-electron chi connectivity index (χ3n) is 6.70. The normalized spacial score (nSPS) is 13.7. The highest BCUT2D eigenvalue weighted by Crippen LogP contribution is 2.54. The quantitative estimate of drug-likeness (QED) is 0.315. The van der Waals surface area contributed by atoms with E-state index in [1.165, 1.54) is 21.9 Å². The maximum atomic E-state index is 6.36. The van der Waals surface area contributed by atoms with Crippen molar-refractivity contribution in [2.24, 2.45) is 0 Å². The SMILES string of the molecule is Nc1ccc2c(c1)Oc1cc(N)ccc1C2(Cc1ccc2ccccc2c1)c1ccccc1. The van der Waals surface area contributed by atoms with Crippen molar-refractivity contribution in [1.82, 2.24) is 0 Å². The highest BCUT2D eigenvalue weighted by atomic mass is 16.5. The summed E-state index contributed by atoms with van der Waals surface area (Å²) in [7, 11) is 0. The second kappa shape index (κ2) is 7.42. The van der Waals surface area contributed by atoms with Crippen molar-refractivity contribution >= 4 is 22.1 Å². The molecule has 0 saturated heterocycles. The van der Waals surface area contributed by atoms with Crippen LogP contribution in [0.4, 0.5) is 11.4 Å². The van der Waals surface area contributed by atoms with Crippen molar-refractivity contribution in [2.75, 3.05) is 11.5 Å². The van der Waals surface area contributed by atoms with E-state index in [9.17, 15) is 0 Å². The molecule has 3 nitrogen and oxygen atoms in total.